The Balaban J connectivity index is 2.10. The largest absolute Gasteiger partial charge is 0.435 e. The molecule has 0 atom stereocenters. The predicted molar refractivity (Wildman–Crippen MR) is 74.2 cm³/mol. The van der Waals surface area contributed by atoms with Crippen molar-refractivity contribution >= 4 is 0 Å². The summed E-state index contributed by atoms with van der Waals surface area (Å²) in [5, 5.41) is 3.22. The molecule has 1 aromatic carbocycles. The van der Waals surface area contributed by atoms with E-state index in [1.165, 1.54) is 12.1 Å². The minimum atomic E-state index is -2.78. The second-order valence-corrected chi connectivity index (χ2v) is 4.61. The van der Waals surface area contributed by atoms with Crippen LogP contribution in [-0.2, 0) is 11.3 Å². The molecule has 0 fully saturated rings. The van der Waals surface area contributed by atoms with Crippen LogP contribution < -0.4 is 10.1 Å². The van der Waals surface area contributed by atoms with Crippen molar-refractivity contribution in [1.82, 2.24) is 10.2 Å². The summed E-state index contributed by atoms with van der Waals surface area (Å²) in [4.78, 5) is 2.07. The van der Waals surface area contributed by atoms with Gasteiger partial charge < -0.3 is 19.7 Å². The van der Waals surface area contributed by atoms with Crippen molar-refractivity contribution in [3.05, 3.63) is 29.8 Å². The van der Waals surface area contributed by atoms with Gasteiger partial charge in [0.2, 0.25) is 0 Å². The Morgan fingerprint density at radius 2 is 1.85 bits per heavy atom. The lowest BCUT2D eigenvalue weighted by Gasteiger charge is -2.10. The van der Waals surface area contributed by atoms with Crippen LogP contribution in [0.15, 0.2) is 24.3 Å². The number of ether oxygens (including phenoxy) is 2. The molecule has 4 nitrogen and oxygen atoms in total. The molecule has 0 heterocycles. The quantitative estimate of drug-likeness (QED) is 0.667. The molecule has 0 aliphatic heterocycles. The molecule has 0 unspecified atom stereocenters. The Kier molecular flexibility index (Phi) is 8.10. The number of alkyl halides is 2. The molecule has 0 aliphatic carbocycles. The lowest BCUT2D eigenvalue weighted by Crippen LogP contribution is -2.23. The van der Waals surface area contributed by atoms with Crippen LogP contribution in [-0.4, -0.2) is 51.9 Å². The van der Waals surface area contributed by atoms with Gasteiger partial charge in [0, 0.05) is 19.6 Å². The van der Waals surface area contributed by atoms with E-state index in [9.17, 15) is 8.78 Å². The highest BCUT2D eigenvalue weighted by atomic mass is 19.3. The van der Waals surface area contributed by atoms with E-state index < -0.39 is 6.61 Å². The average Bonchev–Trinajstić information content (AvgIpc) is 2.38. The highest BCUT2D eigenvalue weighted by Gasteiger charge is 2.03. The van der Waals surface area contributed by atoms with Gasteiger partial charge in [-0.25, -0.2) is 0 Å². The standard InChI is InChI=1S/C14H22F2N2O2/c1-18(2)8-10-19-9-7-17-11-12-3-5-13(6-4-12)20-14(15)16/h3-6,14,17H,7-11H2,1-2H3. The van der Waals surface area contributed by atoms with E-state index in [1.54, 1.807) is 12.1 Å². The maximum atomic E-state index is 12.0. The summed E-state index contributed by atoms with van der Waals surface area (Å²) in [5.41, 5.74) is 1.01. The summed E-state index contributed by atoms with van der Waals surface area (Å²) in [7, 11) is 4.01. The van der Waals surface area contributed by atoms with Gasteiger partial charge in [0.05, 0.1) is 13.2 Å². The number of nitrogens with zero attached hydrogens (tertiary/aromatic N) is 1. The van der Waals surface area contributed by atoms with Gasteiger partial charge in [0.1, 0.15) is 5.75 Å². The van der Waals surface area contributed by atoms with Gasteiger partial charge in [0.15, 0.2) is 0 Å². The van der Waals surface area contributed by atoms with Gasteiger partial charge in [-0.15, -0.1) is 0 Å². The fourth-order valence-electron chi connectivity index (χ4n) is 1.51. The van der Waals surface area contributed by atoms with E-state index in [-0.39, 0.29) is 5.75 Å². The van der Waals surface area contributed by atoms with E-state index in [4.69, 9.17) is 4.74 Å². The second-order valence-electron chi connectivity index (χ2n) is 4.61. The molecular formula is C14H22F2N2O2. The fourth-order valence-corrected chi connectivity index (χ4v) is 1.51. The first-order chi connectivity index (χ1) is 9.58. The molecule has 114 valence electrons. The Morgan fingerprint density at radius 1 is 1.15 bits per heavy atom. The number of benzene rings is 1. The lowest BCUT2D eigenvalue weighted by molar-refractivity contribution is -0.0498. The molecule has 0 saturated carbocycles. The number of hydrogen-bond acceptors (Lipinski definition) is 4. The number of nitrogens with one attached hydrogen (secondary N) is 1. The molecule has 0 saturated heterocycles. The first kappa shape index (κ1) is 16.8. The Hall–Kier alpha value is -1.24. The minimum absolute atomic E-state index is 0.177. The van der Waals surface area contributed by atoms with Gasteiger partial charge in [-0.1, -0.05) is 12.1 Å². The Bertz CT molecular complexity index is 359. The summed E-state index contributed by atoms with van der Waals surface area (Å²) in [6.45, 7) is 0.924. The monoisotopic (exact) mass is 288 g/mol. The zero-order valence-corrected chi connectivity index (χ0v) is 11.9. The van der Waals surface area contributed by atoms with Crippen LogP contribution >= 0.6 is 0 Å². The Morgan fingerprint density at radius 3 is 2.45 bits per heavy atom. The molecule has 0 spiro atoms. The van der Waals surface area contributed by atoms with E-state index in [2.05, 4.69) is 15.0 Å². The average molecular weight is 288 g/mol. The molecule has 0 radical (unpaired) electrons. The molecule has 0 amide bonds. The van der Waals surface area contributed by atoms with Crippen molar-refractivity contribution in [3.63, 3.8) is 0 Å². The number of halogens is 2. The summed E-state index contributed by atoms with van der Waals surface area (Å²) >= 11 is 0. The second kappa shape index (κ2) is 9.63. The van der Waals surface area contributed by atoms with Crippen molar-refractivity contribution in [2.45, 2.75) is 13.2 Å². The van der Waals surface area contributed by atoms with Gasteiger partial charge in [-0.2, -0.15) is 8.78 Å². The Labute approximate surface area is 118 Å². The molecule has 20 heavy (non-hydrogen) atoms. The zero-order valence-electron chi connectivity index (χ0n) is 11.9. The molecule has 1 aromatic rings. The van der Waals surface area contributed by atoms with E-state index in [0.717, 1.165) is 18.7 Å². The first-order valence-corrected chi connectivity index (χ1v) is 6.55. The SMILES string of the molecule is CN(C)CCOCCNCc1ccc(OC(F)F)cc1. The van der Waals surface area contributed by atoms with Crippen LogP contribution in [0.25, 0.3) is 0 Å². The predicted octanol–water partition coefficient (Wildman–Crippen LogP) is 1.96. The topological polar surface area (TPSA) is 33.7 Å². The van der Waals surface area contributed by atoms with Crippen molar-refractivity contribution in [2.75, 3.05) is 40.4 Å². The first-order valence-electron chi connectivity index (χ1n) is 6.55. The van der Waals surface area contributed by atoms with Crippen molar-refractivity contribution in [3.8, 4) is 5.75 Å². The van der Waals surface area contributed by atoms with Crippen LogP contribution in [0.5, 0.6) is 5.75 Å². The van der Waals surface area contributed by atoms with E-state index >= 15 is 0 Å². The molecule has 1 rings (SSSR count). The summed E-state index contributed by atoms with van der Waals surface area (Å²) in [5.74, 6) is 0.177. The van der Waals surface area contributed by atoms with Crippen molar-refractivity contribution in [2.24, 2.45) is 0 Å². The summed E-state index contributed by atoms with van der Waals surface area (Å²) in [6.07, 6.45) is 0. The van der Waals surface area contributed by atoms with E-state index in [1.807, 2.05) is 14.1 Å². The molecule has 1 N–H and O–H groups in total. The molecule has 6 heteroatoms. The van der Waals surface area contributed by atoms with Crippen LogP contribution in [0.2, 0.25) is 0 Å². The third-order valence-electron chi connectivity index (χ3n) is 2.58. The highest BCUT2D eigenvalue weighted by Crippen LogP contribution is 2.14. The van der Waals surface area contributed by atoms with Gasteiger partial charge in [0.25, 0.3) is 0 Å². The number of rotatable bonds is 10. The fraction of sp³-hybridized carbons (Fsp3) is 0.571. The maximum Gasteiger partial charge on any atom is 0.387 e. The third kappa shape index (κ3) is 8.04. The van der Waals surface area contributed by atoms with Crippen molar-refractivity contribution in [1.29, 1.82) is 0 Å². The van der Waals surface area contributed by atoms with Gasteiger partial charge >= 0.3 is 6.61 Å². The maximum absolute atomic E-state index is 12.0. The molecule has 0 aliphatic rings. The zero-order chi connectivity index (χ0) is 14.8. The summed E-state index contributed by atoms with van der Waals surface area (Å²) < 4.78 is 33.7. The van der Waals surface area contributed by atoms with Crippen LogP contribution in [0, 0.1) is 0 Å². The van der Waals surface area contributed by atoms with Crippen molar-refractivity contribution < 1.29 is 18.3 Å². The minimum Gasteiger partial charge on any atom is -0.435 e. The molecule has 0 bridgehead atoms. The molecule has 0 aromatic heterocycles. The number of likely N-dealkylation sites (N-methyl/N-ethyl adjacent to an activating group) is 1. The molecular weight excluding hydrogens is 266 g/mol. The van der Waals surface area contributed by atoms with Crippen LogP contribution in [0.1, 0.15) is 5.56 Å². The normalized spacial score (nSPS) is 11.3. The van der Waals surface area contributed by atoms with Crippen LogP contribution in [0.4, 0.5) is 8.78 Å². The van der Waals surface area contributed by atoms with Crippen LogP contribution in [0.3, 0.4) is 0 Å². The van der Waals surface area contributed by atoms with Gasteiger partial charge in [-0.3, -0.25) is 0 Å². The van der Waals surface area contributed by atoms with Gasteiger partial charge in [-0.05, 0) is 31.8 Å². The van der Waals surface area contributed by atoms with E-state index in [0.29, 0.717) is 19.8 Å². The number of hydrogen-bond donors (Lipinski definition) is 1. The summed E-state index contributed by atoms with van der Waals surface area (Å²) in [6, 6.07) is 6.60. The lowest BCUT2D eigenvalue weighted by atomic mass is 10.2. The smallest absolute Gasteiger partial charge is 0.387 e. The third-order valence-corrected chi connectivity index (χ3v) is 2.58. The highest BCUT2D eigenvalue weighted by molar-refractivity contribution is 5.27.